The number of ether oxygens (including phenoxy) is 1. The van der Waals surface area contributed by atoms with Crippen molar-refractivity contribution in [2.75, 3.05) is 18.1 Å². The van der Waals surface area contributed by atoms with E-state index in [1.807, 2.05) is 11.8 Å². The third kappa shape index (κ3) is 5.02. The molecule has 1 amide bonds. The smallest absolute Gasteiger partial charge is 0.416 e. The molecular formula is C21H24F3N3O3. The number of hydrogen-bond donors (Lipinski definition) is 2. The van der Waals surface area contributed by atoms with Crippen molar-refractivity contribution in [1.82, 2.24) is 10.3 Å². The molecule has 1 aromatic carbocycles. The maximum atomic E-state index is 12.8. The first-order chi connectivity index (χ1) is 14.2. The van der Waals surface area contributed by atoms with E-state index in [1.54, 1.807) is 13.0 Å². The molecule has 0 radical (unpaired) electrons. The highest BCUT2D eigenvalue weighted by Crippen LogP contribution is 2.36. The van der Waals surface area contributed by atoms with E-state index in [2.05, 4.69) is 10.3 Å². The van der Waals surface area contributed by atoms with Crippen LogP contribution in [0.4, 0.5) is 19.0 Å². The van der Waals surface area contributed by atoms with Gasteiger partial charge in [-0.1, -0.05) is 0 Å². The van der Waals surface area contributed by atoms with Crippen molar-refractivity contribution < 1.29 is 27.8 Å². The number of nitrogens with zero attached hydrogens (tertiary/aromatic N) is 2. The molecule has 1 aliphatic rings. The molecule has 2 aromatic rings. The zero-order valence-electron chi connectivity index (χ0n) is 16.7. The summed E-state index contributed by atoms with van der Waals surface area (Å²) in [4.78, 5) is 18.9. The molecule has 0 unspecified atom stereocenters. The normalized spacial score (nSPS) is 17.7. The standard InChI is InChI=1S/C21H24F3N3O3/c1-13(12-28)25-20(29)17-9-10-18(19(26-17)27-11-3-4-14(27)2)30-16-7-5-15(6-8-16)21(22,23)24/h5-10,13-14,28H,3-4,11-12H2,1-2H3,(H,25,29)/t13-,14-/m1/s1. The van der Waals surface area contributed by atoms with E-state index in [-0.39, 0.29) is 24.1 Å². The predicted octanol–water partition coefficient (Wildman–Crippen LogP) is 3.99. The summed E-state index contributed by atoms with van der Waals surface area (Å²) in [5.74, 6) is 0.634. The van der Waals surface area contributed by atoms with Crippen LogP contribution in [0.1, 0.15) is 42.7 Å². The number of rotatable bonds is 6. The van der Waals surface area contributed by atoms with Crippen LogP contribution < -0.4 is 15.0 Å². The lowest BCUT2D eigenvalue weighted by atomic mass is 10.2. The summed E-state index contributed by atoms with van der Waals surface area (Å²) in [6, 6.07) is 7.26. The van der Waals surface area contributed by atoms with Gasteiger partial charge in [-0.25, -0.2) is 4.98 Å². The van der Waals surface area contributed by atoms with Gasteiger partial charge in [0.2, 0.25) is 0 Å². The summed E-state index contributed by atoms with van der Waals surface area (Å²) in [5, 5.41) is 11.8. The van der Waals surface area contributed by atoms with Gasteiger partial charge in [0.15, 0.2) is 11.6 Å². The second kappa shape index (κ2) is 8.91. The zero-order chi connectivity index (χ0) is 21.9. The van der Waals surface area contributed by atoms with E-state index in [0.717, 1.165) is 31.5 Å². The van der Waals surface area contributed by atoms with E-state index >= 15 is 0 Å². The van der Waals surface area contributed by atoms with Gasteiger partial charge in [-0.2, -0.15) is 13.2 Å². The molecule has 30 heavy (non-hydrogen) atoms. The van der Waals surface area contributed by atoms with E-state index in [4.69, 9.17) is 9.84 Å². The highest BCUT2D eigenvalue weighted by atomic mass is 19.4. The van der Waals surface area contributed by atoms with E-state index in [9.17, 15) is 18.0 Å². The molecule has 0 saturated carbocycles. The number of pyridine rings is 1. The Morgan fingerprint density at radius 2 is 2.00 bits per heavy atom. The van der Waals surface area contributed by atoms with Crippen molar-refractivity contribution in [2.45, 2.75) is 44.9 Å². The van der Waals surface area contributed by atoms with Gasteiger partial charge in [0, 0.05) is 18.6 Å². The zero-order valence-corrected chi connectivity index (χ0v) is 16.7. The molecule has 2 heterocycles. The summed E-state index contributed by atoms with van der Waals surface area (Å²) in [6.45, 7) is 4.24. The number of aliphatic hydroxyl groups excluding tert-OH is 1. The first-order valence-electron chi connectivity index (χ1n) is 9.73. The van der Waals surface area contributed by atoms with Crippen molar-refractivity contribution in [2.24, 2.45) is 0 Å². The maximum Gasteiger partial charge on any atom is 0.416 e. The molecule has 6 nitrogen and oxygen atoms in total. The summed E-state index contributed by atoms with van der Waals surface area (Å²) >= 11 is 0. The van der Waals surface area contributed by atoms with Crippen LogP contribution in [0.25, 0.3) is 0 Å². The number of aromatic nitrogens is 1. The van der Waals surface area contributed by atoms with Crippen LogP contribution in [0, 0.1) is 0 Å². The number of benzene rings is 1. The van der Waals surface area contributed by atoms with Crippen LogP contribution in [0.5, 0.6) is 11.5 Å². The minimum atomic E-state index is -4.42. The van der Waals surface area contributed by atoms with E-state index in [1.165, 1.54) is 18.2 Å². The Bertz CT molecular complexity index is 887. The van der Waals surface area contributed by atoms with E-state index < -0.39 is 23.7 Å². The second-order valence-corrected chi connectivity index (χ2v) is 7.38. The van der Waals surface area contributed by atoms with Crippen molar-refractivity contribution >= 4 is 11.7 Å². The Labute approximate surface area is 172 Å². The molecule has 162 valence electrons. The lowest BCUT2D eigenvalue weighted by molar-refractivity contribution is -0.137. The molecule has 3 rings (SSSR count). The first-order valence-corrected chi connectivity index (χ1v) is 9.73. The van der Waals surface area contributed by atoms with Crippen LogP contribution in [-0.2, 0) is 6.18 Å². The number of carbonyl (C=O) groups excluding carboxylic acids is 1. The largest absolute Gasteiger partial charge is 0.453 e. The fourth-order valence-corrected chi connectivity index (χ4v) is 3.28. The van der Waals surface area contributed by atoms with Gasteiger partial charge in [0.05, 0.1) is 12.2 Å². The maximum absolute atomic E-state index is 12.8. The highest BCUT2D eigenvalue weighted by Gasteiger charge is 2.30. The van der Waals surface area contributed by atoms with Crippen molar-refractivity contribution in [1.29, 1.82) is 0 Å². The van der Waals surface area contributed by atoms with Gasteiger partial charge in [-0.3, -0.25) is 4.79 Å². The second-order valence-electron chi connectivity index (χ2n) is 7.38. The van der Waals surface area contributed by atoms with Gasteiger partial charge < -0.3 is 20.1 Å². The Balaban J connectivity index is 1.90. The molecular weight excluding hydrogens is 399 g/mol. The topological polar surface area (TPSA) is 74.7 Å². The van der Waals surface area contributed by atoms with Gasteiger partial charge in [0.1, 0.15) is 11.4 Å². The molecule has 2 atom stereocenters. The van der Waals surface area contributed by atoms with Crippen LogP contribution in [0.2, 0.25) is 0 Å². The van der Waals surface area contributed by atoms with Gasteiger partial charge >= 0.3 is 6.18 Å². The Morgan fingerprint density at radius 1 is 1.30 bits per heavy atom. The van der Waals surface area contributed by atoms with Gasteiger partial charge in [0.25, 0.3) is 5.91 Å². The lowest BCUT2D eigenvalue weighted by Gasteiger charge is -2.25. The molecule has 1 saturated heterocycles. The first kappa shape index (κ1) is 21.9. The number of amides is 1. The molecule has 0 bridgehead atoms. The van der Waals surface area contributed by atoms with Gasteiger partial charge in [-0.05, 0) is 63.1 Å². The minimum Gasteiger partial charge on any atom is -0.453 e. The molecule has 2 N–H and O–H groups in total. The SMILES string of the molecule is C[C@H](CO)NC(=O)c1ccc(Oc2ccc(C(F)(F)F)cc2)c(N2CCC[C@H]2C)n1. The summed E-state index contributed by atoms with van der Waals surface area (Å²) in [7, 11) is 0. The molecule has 1 aliphatic heterocycles. The molecule has 0 spiro atoms. The highest BCUT2D eigenvalue weighted by molar-refractivity contribution is 5.93. The third-order valence-electron chi connectivity index (χ3n) is 4.96. The number of aliphatic hydroxyl groups is 1. The van der Waals surface area contributed by atoms with Crippen LogP contribution in [0.3, 0.4) is 0 Å². The van der Waals surface area contributed by atoms with Crippen LogP contribution in [0.15, 0.2) is 36.4 Å². The fourth-order valence-electron chi connectivity index (χ4n) is 3.28. The molecule has 0 aliphatic carbocycles. The van der Waals surface area contributed by atoms with E-state index in [0.29, 0.717) is 11.6 Å². The lowest BCUT2D eigenvalue weighted by Crippen LogP contribution is -2.36. The molecule has 1 aromatic heterocycles. The number of hydrogen-bond acceptors (Lipinski definition) is 5. The summed E-state index contributed by atoms with van der Waals surface area (Å²) in [6.07, 6.45) is -2.50. The number of carbonyl (C=O) groups is 1. The average molecular weight is 423 g/mol. The van der Waals surface area contributed by atoms with Crippen molar-refractivity contribution in [3.8, 4) is 11.5 Å². The van der Waals surface area contributed by atoms with Crippen molar-refractivity contribution in [3.63, 3.8) is 0 Å². The van der Waals surface area contributed by atoms with Crippen LogP contribution in [-0.4, -0.2) is 41.2 Å². The fraction of sp³-hybridized carbons (Fsp3) is 0.429. The molecule has 1 fully saturated rings. The Morgan fingerprint density at radius 3 is 2.57 bits per heavy atom. The Kier molecular flexibility index (Phi) is 6.50. The number of anilines is 1. The summed E-state index contributed by atoms with van der Waals surface area (Å²) in [5.41, 5.74) is -0.587. The molecule has 9 heteroatoms. The number of halogens is 3. The summed E-state index contributed by atoms with van der Waals surface area (Å²) < 4.78 is 44.2. The quantitative estimate of drug-likeness (QED) is 0.735. The monoisotopic (exact) mass is 423 g/mol. The minimum absolute atomic E-state index is 0.171. The van der Waals surface area contributed by atoms with Crippen LogP contribution >= 0.6 is 0 Å². The number of nitrogens with one attached hydrogen (secondary N) is 1. The Hall–Kier alpha value is -2.81. The third-order valence-corrected chi connectivity index (χ3v) is 4.96. The van der Waals surface area contributed by atoms with Gasteiger partial charge in [-0.15, -0.1) is 0 Å². The predicted molar refractivity (Wildman–Crippen MR) is 106 cm³/mol. The van der Waals surface area contributed by atoms with Crippen molar-refractivity contribution in [3.05, 3.63) is 47.7 Å². The average Bonchev–Trinajstić information content (AvgIpc) is 3.13. The number of alkyl halides is 3.